The zero-order valence-electron chi connectivity index (χ0n) is 36.7. The molecule has 0 spiro atoms. The minimum absolute atomic E-state index is 0.0339. The van der Waals surface area contributed by atoms with E-state index in [9.17, 15) is 38.4 Å². The molecule has 6 amide bonds. The van der Waals surface area contributed by atoms with Crippen molar-refractivity contribution in [2.45, 2.75) is 115 Å². The number of imidazole rings is 1. The zero-order chi connectivity index (χ0) is 46.8. The average Bonchev–Trinajstić information content (AvgIpc) is 3.74. The molecule has 0 unspecified atom stereocenters. The van der Waals surface area contributed by atoms with Gasteiger partial charge in [0.15, 0.2) is 0 Å². The first-order chi connectivity index (χ1) is 29.9. The number of nitrogens with one attached hydrogen (secondary N) is 5. The van der Waals surface area contributed by atoms with Crippen molar-refractivity contribution in [3.63, 3.8) is 0 Å². The molecule has 0 bridgehead atoms. The monoisotopic (exact) mass is 910 g/mol. The molecule has 63 heavy (non-hydrogen) atoms. The highest BCUT2D eigenvalue weighted by Gasteiger charge is 2.35. The van der Waals surface area contributed by atoms with E-state index >= 15 is 0 Å². The maximum atomic E-state index is 13.9. The van der Waals surface area contributed by atoms with Gasteiger partial charge in [-0.2, -0.15) is 0 Å². The van der Waals surface area contributed by atoms with Crippen molar-refractivity contribution in [3.8, 4) is 0 Å². The van der Waals surface area contributed by atoms with Gasteiger partial charge in [-0.3, -0.25) is 33.3 Å². The number of unbranched alkanes of at least 4 members (excludes halogenated alkanes) is 5. The summed E-state index contributed by atoms with van der Waals surface area (Å²) < 4.78 is 26.3. The van der Waals surface area contributed by atoms with Crippen LogP contribution >= 0.6 is 7.82 Å². The van der Waals surface area contributed by atoms with Gasteiger partial charge in [0.1, 0.15) is 30.0 Å². The highest BCUT2D eigenvalue weighted by molar-refractivity contribution is 7.46. The van der Waals surface area contributed by atoms with Crippen LogP contribution in [0.15, 0.2) is 42.7 Å². The number of hydrogen-bond acceptors (Lipinski definition) is 12. The van der Waals surface area contributed by atoms with E-state index in [-0.39, 0.29) is 50.1 Å². The van der Waals surface area contributed by atoms with Crippen molar-refractivity contribution in [3.05, 3.63) is 54.1 Å². The van der Waals surface area contributed by atoms with Gasteiger partial charge >= 0.3 is 7.82 Å². The lowest BCUT2D eigenvalue weighted by molar-refractivity contribution is -0.138. The summed E-state index contributed by atoms with van der Waals surface area (Å²) in [7, 11) is -3.57. The smallest absolute Gasteiger partial charge is 0.394 e. The summed E-state index contributed by atoms with van der Waals surface area (Å²) in [5.74, 6) is -4.88. The molecule has 10 N–H and O–H groups in total. The number of aryl methyl sites for hydroxylation is 1. The molecule has 2 aromatic rings. The maximum absolute atomic E-state index is 13.9. The fourth-order valence-corrected chi connectivity index (χ4v) is 7.01. The number of phosphoric ester groups is 1. The molecule has 0 saturated heterocycles. The maximum Gasteiger partial charge on any atom is 0.469 e. The molecule has 2 rings (SSSR count). The third-order valence-electron chi connectivity index (χ3n) is 9.70. The van der Waals surface area contributed by atoms with Gasteiger partial charge in [0.2, 0.25) is 35.4 Å². The van der Waals surface area contributed by atoms with E-state index in [0.29, 0.717) is 26.2 Å². The molecule has 0 fully saturated rings. The molecule has 0 radical (unpaired) electrons. The van der Waals surface area contributed by atoms with Crippen LogP contribution in [0.5, 0.6) is 0 Å². The van der Waals surface area contributed by atoms with Gasteiger partial charge in [-0.25, -0.2) is 9.55 Å². The van der Waals surface area contributed by atoms with Crippen molar-refractivity contribution in [1.82, 2.24) is 36.1 Å². The van der Waals surface area contributed by atoms with Crippen LogP contribution in [-0.4, -0.2) is 142 Å². The summed E-state index contributed by atoms with van der Waals surface area (Å²) >= 11 is 0. The largest absolute Gasteiger partial charge is 0.469 e. The molecule has 0 aliphatic rings. The Hall–Kier alpha value is -4.76. The second-order valence-electron chi connectivity index (χ2n) is 15.5. The topological polar surface area (TPSA) is 314 Å². The molecular formula is C41H67N8O13P. The summed E-state index contributed by atoms with van der Waals surface area (Å²) in [6.07, 6.45) is 7.93. The van der Waals surface area contributed by atoms with Crippen LogP contribution in [0.4, 0.5) is 0 Å². The van der Waals surface area contributed by atoms with Crippen LogP contribution in [0.25, 0.3) is 0 Å². The summed E-state index contributed by atoms with van der Waals surface area (Å²) in [4.78, 5) is 106. The molecule has 0 aliphatic heterocycles. The van der Waals surface area contributed by atoms with Crippen molar-refractivity contribution in [2.24, 2.45) is 11.7 Å². The first kappa shape index (κ1) is 54.4. The Balaban J connectivity index is 2.14. The molecule has 354 valence electrons. The Morgan fingerprint density at radius 1 is 0.841 bits per heavy atom. The lowest BCUT2D eigenvalue weighted by Gasteiger charge is -2.27. The number of aliphatic hydroxyl groups excluding tert-OH is 1. The minimum Gasteiger partial charge on any atom is -0.394 e. The van der Waals surface area contributed by atoms with Gasteiger partial charge < -0.3 is 61.3 Å². The predicted octanol–water partition coefficient (Wildman–Crippen LogP) is 0.378. The zero-order valence-corrected chi connectivity index (χ0v) is 37.6. The van der Waals surface area contributed by atoms with E-state index in [1.165, 1.54) is 30.0 Å². The molecular weight excluding hydrogens is 843 g/mol. The van der Waals surface area contributed by atoms with Crippen LogP contribution < -0.4 is 27.0 Å². The number of nitrogens with two attached hydrogens (primary N) is 1. The van der Waals surface area contributed by atoms with E-state index in [1.54, 1.807) is 0 Å². The number of H-pyrrole nitrogens is 1. The number of carbonyl (C=O) groups excluding carboxylic acids is 6. The number of phosphoric acid groups is 1. The number of methoxy groups -OCH3 is 1. The van der Waals surface area contributed by atoms with Gasteiger partial charge in [0, 0.05) is 32.5 Å². The Bertz CT molecular complexity index is 1730. The number of aromatic amines is 1. The van der Waals surface area contributed by atoms with Crippen molar-refractivity contribution >= 4 is 43.3 Å². The number of carbonyl (C=O) groups is 6. The Morgan fingerprint density at radius 2 is 1.48 bits per heavy atom. The molecule has 1 aromatic heterocycles. The predicted molar refractivity (Wildman–Crippen MR) is 230 cm³/mol. The van der Waals surface area contributed by atoms with E-state index in [2.05, 4.69) is 47.9 Å². The number of primary amides is 1. The fourth-order valence-electron chi connectivity index (χ4n) is 6.46. The SMILES string of the molecule is COCCOCCC(=O)N(CCCCCCCCc1ccccc1)CC(=O)N[C@@H](CC(C)C)C(=O)N[C@@H](Cc1ncc[nH]1)C(=O)N[C@@H](CO)C(=O)N[C@H](C(N)=O)[C@@H](C)OP(=O)(O)O. The van der Waals surface area contributed by atoms with Gasteiger partial charge in [0.05, 0.1) is 45.5 Å². The van der Waals surface area contributed by atoms with Gasteiger partial charge in [-0.05, 0) is 44.1 Å². The molecule has 5 atom stereocenters. The number of benzene rings is 1. The van der Waals surface area contributed by atoms with Crippen molar-refractivity contribution in [1.29, 1.82) is 0 Å². The number of amides is 6. The van der Waals surface area contributed by atoms with Crippen molar-refractivity contribution < 1.29 is 62.2 Å². The summed E-state index contributed by atoms with van der Waals surface area (Å²) in [6, 6.07) is 4.18. The Labute approximate surface area is 368 Å². The Kier molecular flexibility index (Phi) is 25.5. The number of ether oxygens (including phenoxy) is 2. The molecule has 0 saturated carbocycles. The van der Waals surface area contributed by atoms with E-state index in [1.807, 2.05) is 32.0 Å². The number of hydrogen-bond donors (Lipinski definition) is 9. The first-order valence-electron chi connectivity index (χ1n) is 21.1. The molecule has 1 heterocycles. The lowest BCUT2D eigenvalue weighted by atomic mass is 10.0. The third kappa shape index (κ3) is 22.9. The number of aliphatic hydroxyl groups is 1. The number of rotatable bonds is 33. The minimum atomic E-state index is -5.11. The number of nitrogens with zero attached hydrogens (tertiary/aromatic N) is 2. The van der Waals surface area contributed by atoms with Crippen LogP contribution in [0.2, 0.25) is 0 Å². The lowest BCUT2D eigenvalue weighted by Crippen LogP contribution is -2.61. The fraction of sp³-hybridized carbons (Fsp3) is 0.634. The third-order valence-corrected chi connectivity index (χ3v) is 10.3. The van der Waals surface area contributed by atoms with Gasteiger partial charge in [-0.1, -0.05) is 69.9 Å². The van der Waals surface area contributed by atoms with Crippen LogP contribution in [0.3, 0.4) is 0 Å². The molecule has 22 heteroatoms. The summed E-state index contributed by atoms with van der Waals surface area (Å²) in [5.41, 5.74) is 6.61. The van der Waals surface area contributed by atoms with E-state index in [0.717, 1.165) is 45.4 Å². The van der Waals surface area contributed by atoms with Crippen LogP contribution in [0.1, 0.15) is 83.5 Å². The summed E-state index contributed by atoms with van der Waals surface area (Å²) in [5, 5.41) is 19.8. The van der Waals surface area contributed by atoms with Crippen molar-refractivity contribution in [2.75, 3.05) is 46.6 Å². The standard InChI is InChI=1S/C41H67N8O13P/c1-28(2)24-31(45-35(51)26-49(36(52)17-21-61-23-22-60-4)20-13-8-6-5-7-10-14-30-15-11-9-12-16-30)39(54)46-32(25-34-43-18-19-44-34)40(55)47-33(27-50)41(56)48-37(38(42)53)29(3)62-63(57,58)59/h9,11-12,15-16,18-19,28-29,31-33,37,50H,5-8,10,13-14,17,20-27H2,1-4H3,(H2,42,53)(H,43,44)(H,45,51)(H,46,54)(H,47,55)(H,48,56)(H2,57,58,59)/t29-,31+,32+,33+,37+/m1/s1. The van der Waals surface area contributed by atoms with E-state index < -0.39 is 74.2 Å². The normalized spacial score (nSPS) is 13.9. The first-order valence-corrected chi connectivity index (χ1v) is 22.7. The van der Waals surface area contributed by atoms with Gasteiger partial charge in [-0.15, -0.1) is 0 Å². The Morgan fingerprint density at radius 3 is 2.08 bits per heavy atom. The highest BCUT2D eigenvalue weighted by atomic mass is 31.2. The number of aromatic nitrogens is 2. The van der Waals surface area contributed by atoms with Crippen LogP contribution in [0, 0.1) is 5.92 Å². The summed E-state index contributed by atoms with van der Waals surface area (Å²) in [6.45, 7) is 4.51. The molecule has 0 aliphatic carbocycles. The second-order valence-corrected chi connectivity index (χ2v) is 16.7. The molecule has 1 aromatic carbocycles. The van der Waals surface area contributed by atoms with Gasteiger partial charge in [0.25, 0.3) is 0 Å². The van der Waals surface area contributed by atoms with Crippen LogP contribution in [-0.2, 0) is 60.2 Å². The quantitative estimate of drug-likeness (QED) is 0.0346. The average molecular weight is 911 g/mol. The highest BCUT2D eigenvalue weighted by Crippen LogP contribution is 2.38. The molecule has 21 nitrogen and oxygen atoms in total. The van der Waals surface area contributed by atoms with E-state index in [4.69, 9.17) is 25.0 Å². The second kappa shape index (κ2) is 29.6.